The van der Waals surface area contributed by atoms with E-state index in [1.807, 2.05) is 18.2 Å². The fourth-order valence-electron chi connectivity index (χ4n) is 2.69. The number of nitrogens with zero attached hydrogens (tertiary/aromatic N) is 2. The van der Waals surface area contributed by atoms with Crippen LogP contribution in [0.5, 0.6) is 5.75 Å². The van der Waals surface area contributed by atoms with E-state index >= 15 is 0 Å². The summed E-state index contributed by atoms with van der Waals surface area (Å²) in [6, 6.07) is 8.88. The summed E-state index contributed by atoms with van der Waals surface area (Å²) in [6.45, 7) is 0. The fourth-order valence-corrected chi connectivity index (χ4v) is 3.79. The zero-order chi connectivity index (χ0) is 21.1. The number of aromatic hydroxyl groups is 1. The second kappa shape index (κ2) is 8.46. The molecule has 8 nitrogen and oxygen atoms in total. The second-order valence-electron chi connectivity index (χ2n) is 6.10. The van der Waals surface area contributed by atoms with Gasteiger partial charge in [-0.25, -0.2) is 9.78 Å². The molecule has 10 heteroatoms. The van der Waals surface area contributed by atoms with Gasteiger partial charge in [0.25, 0.3) is 5.56 Å². The van der Waals surface area contributed by atoms with Crippen LogP contribution in [0, 0.1) is 0 Å². The van der Waals surface area contributed by atoms with Gasteiger partial charge in [0.05, 0.1) is 10.6 Å². The predicted octanol–water partition coefficient (Wildman–Crippen LogP) is 3.14. The quantitative estimate of drug-likeness (QED) is 0.549. The zero-order valence-electron chi connectivity index (χ0n) is 15.2. The number of carbonyl (C=O) groups excluding carboxylic acids is 1. The van der Waals surface area contributed by atoms with Gasteiger partial charge in [0.1, 0.15) is 0 Å². The molecule has 0 aliphatic rings. The molecule has 0 aliphatic carbocycles. The van der Waals surface area contributed by atoms with Crippen LogP contribution in [-0.2, 0) is 18.3 Å². The van der Waals surface area contributed by atoms with E-state index in [4.69, 9.17) is 11.6 Å². The number of thiophene rings is 1. The molecule has 2 heterocycles. The first-order valence-corrected chi connectivity index (χ1v) is 9.69. The molecule has 0 saturated carbocycles. The number of halogens is 1. The zero-order valence-corrected chi connectivity index (χ0v) is 16.8. The Morgan fingerprint density at radius 1 is 1.28 bits per heavy atom. The van der Waals surface area contributed by atoms with Crippen molar-refractivity contribution >= 4 is 40.5 Å². The van der Waals surface area contributed by atoms with E-state index in [1.54, 1.807) is 17.5 Å². The number of anilines is 1. The molecule has 0 unspecified atom stereocenters. The van der Waals surface area contributed by atoms with Gasteiger partial charge in [-0.1, -0.05) is 29.8 Å². The minimum absolute atomic E-state index is 0.0293. The van der Waals surface area contributed by atoms with Crippen LogP contribution in [0.4, 0.5) is 5.69 Å². The number of amides is 1. The molecule has 0 radical (unpaired) electrons. The highest BCUT2D eigenvalue weighted by atomic mass is 35.5. The fraction of sp³-hybridized carbons (Fsp3) is 0.158. The molecule has 1 aromatic carbocycles. The molecule has 3 rings (SSSR count). The minimum Gasteiger partial charge on any atom is -0.501 e. The number of carbonyl (C=O) groups is 2. The molecule has 150 valence electrons. The molecule has 0 saturated heterocycles. The maximum atomic E-state index is 12.4. The van der Waals surface area contributed by atoms with Crippen LogP contribution in [0.3, 0.4) is 0 Å². The Kier molecular flexibility index (Phi) is 6.00. The van der Waals surface area contributed by atoms with Crippen molar-refractivity contribution in [3.8, 4) is 16.5 Å². The summed E-state index contributed by atoms with van der Waals surface area (Å²) >= 11 is 7.28. The minimum atomic E-state index is -1.52. The van der Waals surface area contributed by atoms with Gasteiger partial charge in [0.2, 0.25) is 11.7 Å². The van der Waals surface area contributed by atoms with Crippen LogP contribution in [0.2, 0.25) is 5.02 Å². The summed E-state index contributed by atoms with van der Waals surface area (Å²) in [5, 5.41) is 23.9. The number of nitrogens with one attached hydrogen (secondary N) is 1. The number of aromatic nitrogens is 2. The van der Waals surface area contributed by atoms with Gasteiger partial charge in [0, 0.05) is 18.5 Å². The Labute approximate surface area is 174 Å². The second-order valence-corrected chi connectivity index (χ2v) is 7.43. The largest absolute Gasteiger partial charge is 0.501 e. The van der Waals surface area contributed by atoms with Crippen molar-refractivity contribution in [1.29, 1.82) is 0 Å². The van der Waals surface area contributed by atoms with E-state index in [2.05, 4.69) is 10.3 Å². The lowest BCUT2D eigenvalue weighted by molar-refractivity contribution is -0.116. The van der Waals surface area contributed by atoms with Crippen LogP contribution >= 0.6 is 22.9 Å². The van der Waals surface area contributed by atoms with Crippen LogP contribution < -0.4 is 10.9 Å². The van der Waals surface area contributed by atoms with Crippen molar-refractivity contribution in [3.63, 3.8) is 0 Å². The molecule has 0 aliphatic heterocycles. The van der Waals surface area contributed by atoms with Gasteiger partial charge in [-0.15, -0.1) is 11.3 Å². The number of hydrogen-bond donors (Lipinski definition) is 3. The third-order valence-corrected chi connectivity index (χ3v) is 5.47. The molecule has 0 bridgehead atoms. The van der Waals surface area contributed by atoms with Crippen LogP contribution in [0.1, 0.15) is 22.5 Å². The van der Waals surface area contributed by atoms with Crippen LogP contribution in [0.25, 0.3) is 10.7 Å². The predicted molar refractivity (Wildman–Crippen MR) is 110 cm³/mol. The van der Waals surface area contributed by atoms with Crippen molar-refractivity contribution in [2.24, 2.45) is 7.05 Å². The average molecular weight is 434 g/mol. The summed E-state index contributed by atoms with van der Waals surface area (Å²) in [5.74, 6) is -2.71. The first-order chi connectivity index (χ1) is 13.8. The third kappa shape index (κ3) is 4.30. The standard InChI is InChI=1S/C19H16ClN3O5S/c1-23-17(22-14(19(27)28)15(25)18(23)26)16-12(8-9-29-16)21-13(24)7-6-10-4-2-3-5-11(10)20/h2-5,8-9,25H,6-7H2,1H3,(H,21,24)(H,27,28). The Hall–Kier alpha value is -3.17. The lowest BCUT2D eigenvalue weighted by Crippen LogP contribution is -2.23. The van der Waals surface area contributed by atoms with Crippen molar-refractivity contribution in [1.82, 2.24) is 9.55 Å². The van der Waals surface area contributed by atoms with E-state index in [9.17, 15) is 24.6 Å². The van der Waals surface area contributed by atoms with E-state index < -0.39 is 23.0 Å². The molecular formula is C19H16ClN3O5S. The van der Waals surface area contributed by atoms with E-state index in [1.165, 1.54) is 18.4 Å². The van der Waals surface area contributed by atoms with Gasteiger partial charge < -0.3 is 15.5 Å². The Balaban J connectivity index is 1.85. The molecule has 2 aromatic heterocycles. The van der Waals surface area contributed by atoms with Gasteiger partial charge in [-0.3, -0.25) is 14.2 Å². The number of hydrogen-bond acceptors (Lipinski definition) is 6. The molecule has 1 amide bonds. The van der Waals surface area contributed by atoms with Crippen molar-refractivity contribution in [2.75, 3.05) is 5.32 Å². The SMILES string of the molecule is Cn1c(-c2sccc2NC(=O)CCc2ccccc2Cl)nc(C(=O)O)c(O)c1=O. The topological polar surface area (TPSA) is 122 Å². The molecule has 3 aromatic rings. The van der Waals surface area contributed by atoms with Gasteiger partial charge in [-0.05, 0) is 29.5 Å². The van der Waals surface area contributed by atoms with E-state index in [-0.39, 0.29) is 18.2 Å². The maximum Gasteiger partial charge on any atom is 0.358 e. The van der Waals surface area contributed by atoms with Gasteiger partial charge in [-0.2, -0.15) is 0 Å². The number of rotatable bonds is 6. The summed E-state index contributed by atoms with van der Waals surface area (Å²) in [4.78, 5) is 40.1. The first kappa shape index (κ1) is 20.6. The molecule has 0 spiro atoms. The number of carboxylic acid groups (broad SMARTS) is 1. The molecule has 29 heavy (non-hydrogen) atoms. The monoisotopic (exact) mass is 433 g/mol. The number of benzene rings is 1. The summed E-state index contributed by atoms with van der Waals surface area (Å²) in [5.41, 5.74) is -0.392. The van der Waals surface area contributed by atoms with E-state index in [0.717, 1.165) is 10.1 Å². The lowest BCUT2D eigenvalue weighted by atomic mass is 10.1. The lowest BCUT2D eigenvalue weighted by Gasteiger charge is -2.11. The Bertz CT molecular complexity index is 1150. The van der Waals surface area contributed by atoms with Crippen molar-refractivity contribution in [3.05, 3.63) is 62.3 Å². The smallest absolute Gasteiger partial charge is 0.358 e. The summed E-state index contributed by atoms with van der Waals surface area (Å²) < 4.78 is 1.03. The highest BCUT2D eigenvalue weighted by Gasteiger charge is 2.22. The highest BCUT2D eigenvalue weighted by Crippen LogP contribution is 2.32. The third-order valence-electron chi connectivity index (χ3n) is 4.19. The maximum absolute atomic E-state index is 12.4. The molecule has 3 N–H and O–H groups in total. The van der Waals surface area contributed by atoms with Crippen LogP contribution in [-0.4, -0.2) is 31.6 Å². The van der Waals surface area contributed by atoms with Crippen LogP contribution in [0.15, 0.2) is 40.5 Å². The van der Waals surface area contributed by atoms with Gasteiger partial charge >= 0.3 is 5.97 Å². The van der Waals surface area contributed by atoms with Crippen molar-refractivity contribution < 1.29 is 19.8 Å². The first-order valence-electron chi connectivity index (χ1n) is 8.44. The molecular weight excluding hydrogens is 418 g/mol. The summed E-state index contributed by atoms with van der Waals surface area (Å²) in [6.07, 6.45) is 0.630. The number of aryl methyl sites for hydroxylation is 1. The Morgan fingerprint density at radius 3 is 2.69 bits per heavy atom. The van der Waals surface area contributed by atoms with Crippen molar-refractivity contribution in [2.45, 2.75) is 12.8 Å². The Morgan fingerprint density at radius 2 is 2.00 bits per heavy atom. The average Bonchev–Trinajstić information content (AvgIpc) is 3.13. The number of carboxylic acids is 1. The highest BCUT2D eigenvalue weighted by molar-refractivity contribution is 7.14. The molecule has 0 atom stereocenters. The number of aromatic carboxylic acids is 1. The summed E-state index contributed by atoms with van der Waals surface area (Å²) in [7, 11) is 1.36. The molecule has 0 fully saturated rings. The van der Waals surface area contributed by atoms with Gasteiger partial charge in [0.15, 0.2) is 11.5 Å². The van der Waals surface area contributed by atoms with E-state index in [0.29, 0.717) is 22.0 Å². The normalized spacial score (nSPS) is 10.7.